The van der Waals surface area contributed by atoms with Crippen LogP contribution in [0.4, 0.5) is 0 Å². The molecular formula is C78H129N23O22. The van der Waals surface area contributed by atoms with Crippen molar-refractivity contribution in [1.82, 2.24) is 89.6 Å². The fourth-order valence-corrected chi connectivity index (χ4v) is 13.0. The first-order valence-electron chi connectivity index (χ1n) is 41.2. The second-order valence-electron chi connectivity index (χ2n) is 31.7. The number of nitrogens with one attached hydrogen (secondary N) is 15. The number of aliphatic imine (C=N–C) groups is 1. The van der Waals surface area contributed by atoms with Gasteiger partial charge in [0, 0.05) is 32.5 Å². The molecule has 18 amide bonds. The molecule has 0 aliphatic carbocycles. The Hall–Kier alpha value is -11.7. The molecule has 2 heterocycles. The van der Waals surface area contributed by atoms with Crippen molar-refractivity contribution in [1.29, 1.82) is 0 Å². The van der Waals surface area contributed by atoms with Gasteiger partial charge in [0.05, 0.1) is 32.3 Å². The van der Waals surface area contributed by atoms with Crippen LogP contribution in [0.25, 0.3) is 0 Å². The molecule has 0 saturated carbocycles. The summed E-state index contributed by atoms with van der Waals surface area (Å²) in [5, 5.41) is 67.2. The van der Waals surface area contributed by atoms with Crippen LogP contribution in [0.3, 0.4) is 0 Å². The van der Waals surface area contributed by atoms with E-state index in [0.29, 0.717) is 37.7 Å². The number of likely N-dealkylation sites (tertiary alicyclic amines) is 2. The van der Waals surface area contributed by atoms with Crippen molar-refractivity contribution in [3.05, 3.63) is 35.9 Å². The summed E-state index contributed by atoms with van der Waals surface area (Å²) in [5.74, 6) is -18.3. The quantitative estimate of drug-likeness (QED) is 0.0164. The van der Waals surface area contributed by atoms with Crippen LogP contribution in [0.2, 0.25) is 0 Å². The molecule has 688 valence electrons. The zero-order chi connectivity index (χ0) is 92.7. The predicted molar refractivity (Wildman–Crippen MR) is 444 cm³/mol. The van der Waals surface area contributed by atoms with E-state index in [9.17, 15) is 106 Å². The fraction of sp³-hybridized carbons (Fsp3) is 0.667. The maximum Gasteiger partial charge on any atom is 0.326 e. The highest BCUT2D eigenvalue weighted by Crippen LogP contribution is 2.21. The second-order valence-corrected chi connectivity index (χ2v) is 31.7. The smallest absolute Gasteiger partial charge is 0.326 e. The standard InChI is InChI=1S/C78H129N23O22/c1-39(2)32-51(69(114)96-53(34-47-20-13-12-14-21-47)71(116)95-52(33-40(3)4)70(115)98-55(38-103)73(118)91-46(11)76(121)101-31-18-24-56(101)74(119)86-36-60(106)100-30-19-25-57(100)77(122)123)92-59(105)35-85-67(112)50(26-27-58(81)104)93-63(108)44(9)90-72(117)54(37-102)97-64(109)43(8)87-62(107)42(7)89-68(113)49(23-15-16-28-79)94-75(120)61(41(5)6)99-65(110)45(10)88-66(111)48(80)22-17-29-84-78(82)83/h12-14,20-21,39-46,48-57,61,102-103H,15-19,22-38,79-80H2,1-11H3,(H2,81,104)(H,85,112)(H,86,119)(H,87,107)(H,88,111)(H,89,113)(H,90,117)(H,91,118)(H,92,105)(H,93,108)(H,94,120)(H,95,116)(H,96,114)(H,97,109)(H,98,115)(H,99,110)(H,122,123)(H4,82,83,84)/t42-,43-,44-,45-,46-,48-,49-,50-,51-,52-,53-,54-,55-,56-,57-,61-/m0/s1. The molecule has 2 fully saturated rings. The Bertz CT molecular complexity index is 3850. The normalized spacial score (nSPS) is 17.1. The molecule has 0 bridgehead atoms. The van der Waals surface area contributed by atoms with E-state index in [2.05, 4.69) is 84.7 Å². The monoisotopic (exact) mass is 1740 g/mol. The van der Waals surface area contributed by atoms with Gasteiger partial charge in [0.25, 0.3) is 0 Å². The largest absolute Gasteiger partial charge is 0.480 e. The SMILES string of the molecule is CC(C)C[C@H](NC(=O)CNC(=O)[C@H](CCC(N)=O)NC(=O)[C@H](C)NC(=O)[C@H](CO)NC(=O)[C@H](C)NC(=O)[C@H](C)NC(=O)[C@H](CCCCN)NC(=O)[C@@H](NC(=O)[C@H](C)NC(=O)[C@@H](N)CCCN=C(N)N)C(C)C)C(=O)N[C@@H](Cc1ccccc1)C(=O)N[C@@H](CC(C)C)C(=O)N[C@@H](CO)C(=O)N[C@@H](C)C(=O)N1CCC[C@H]1C(=O)NCC(=O)N1CCC[C@H]1C(=O)O. The van der Waals surface area contributed by atoms with Gasteiger partial charge in [-0.15, -0.1) is 0 Å². The Morgan fingerprint density at radius 3 is 1.41 bits per heavy atom. The van der Waals surface area contributed by atoms with Crippen molar-refractivity contribution < 1.29 is 106 Å². The molecule has 1 aromatic rings. The summed E-state index contributed by atoms with van der Waals surface area (Å²) >= 11 is 0. The van der Waals surface area contributed by atoms with Crippen LogP contribution >= 0.6 is 0 Å². The number of nitrogens with two attached hydrogens (primary N) is 5. The maximum absolute atomic E-state index is 14.5. The number of amides is 18. The summed E-state index contributed by atoms with van der Waals surface area (Å²) in [6, 6.07) is -13.4. The molecule has 1 aromatic carbocycles. The minimum absolute atomic E-state index is 0.0309. The predicted octanol–water partition coefficient (Wildman–Crippen LogP) is -8.56. The summed E-state index contributed by atoms with van der Waals surface area (Å²) < 4.78 is 0. The van der Waals surface area contributed by atoms with E-state index in [-0.39, 0.29) is 88.9 Å². The van der Waals surface area contributed by atoms with E-state index in [1.165, 1.54) is 37.5 Å². The van der Waals surface area contributed by atoms with E-state index < -0.39 is 254 Å². The van der Waals surface area contributed by atoms with Crippen molar-refractivity contribution in [2.45, 2.75) is 263 Å². The lowest BCUT2D eigenvalue weighted by atomic mass is 9.99. The molecule has 123 heavy (non-hydrogen) atoms. The molecule has 0 unspecified atom stereocenters. The molecule has 2 aliphatic rings. The third kappa shape index (κ3) is 36.9. The molecule has 0 spiro atoms. The molecule has 2 aliphatic heterocycles. The number of aliphatic hydroxyl groups excluding tert-OH is 2. The van der Waals surface area contributed by atoms with E-state index in [4.69, 9.17) is 28.7 Å². The molecule has 28 N–H and O–H groups in total. The summed E-state index contributed by atoms with van der Waals surface area (Å²) in [4.78, 5) is 262. The number of carboxylic acid groups (broad SMARTS) is 1. The van der Waals surface area contributed by atoms with Crippen LogP contribution in [0, 0.1) is 17.8 Å². The molecule has 0 radical (unpaired) electrons. The van der Waals surface area contributed by atoms with Gasteiger partial charge in [0.2, 0.25) is 106 Å². The van der Waals surface area contributed by atoms with E-state index in [1.807, 2.05) is 0 Å². The van der Waals surface area contributed by atoms with E-state index >= 15 is 0 Å². The van der Waals surface area contributed by atoms with Gasteiger partial charge in [-0.05, 0) is 142 Å². The number of aliphatic hydroxyl groups is 2. The first-order valence-corrected chi connectivity index (χ1v) is 41.2. The highest BCUT2D eigenvalue weighted by Gasteiger charge is 2.41. The number of carbonyl (C=O) groups is 19. The maximum atomic E-state index is 14.5. The van der Waals surface area contributed by atoms with Crippen molar-refractivity contribution in [3.63, 3.8) is 0 Å². The summed E-state index contributed by atoms with van der Waals surface area (Å²) in [7, 11) is 0. The van der Waals surface area contributed by atoms with E-state index in [0.717, 1.165) is 6.92 Å². The zero-order valence-electron chi connectivity index (χ0n) is 71.7. The Morgan fingerprint density at radius 2 is 0.886 bits per heavy atom. The van der Waals surface area contributed by atoms with Gasteiger partial charge in [0.15, 0.2) is 5.96 Å². The van der Waals surface area contributed by atoms with Crippen molar-refractivity contribution in [2.75, 3.05) is 52.5 Å². The minimum atomic E-state index is -1.77. The lowest BCUT2D eigenvalue weighted by molar-refractivity contribution is -0.148. The third-order valence-electron chi connectivity index (χ3n) is 20.0. The van der Waals surface area contributed by atoms with Gasteiger partial charge >= 0.3 is 5.97 Å². The average Bonchev–Trinajstić information content (AvgIpc) is 1.58. The van der Waals surface area contributed by atoms with Crippen LogP contribution in [-0.4, -0.2) is 293 Å². The Kier molecular flexibility index (Phi) is 45.6. The van der Waals surface area contributed by atoms with Crippen molar-refractivity contribution in [2.24, 2.45) is 51.4 Å². The van der Waals surface area contributed by atoms with E-state index in [1.54, 1.807) is 71.9 Å². The summed E-state index contributed by atoms with van der Waals surface area (Å²) in [6.07, 6.45) is 1.48. The molecule has 3 rings (SSSR count). The van der Waals surface area contributed by atoms with Crippen LogP contribution in [-0.2, 0) is 97.5 Å². The van der Waals surface area contributed by atoms with Gasteiger partial charge in [0.1, 0.15) is 90.6 Å². The molecule has 0 aromatic heterocycles. The number of nitrogens with zero attached hydrogens (tertiary/aromatic N) is 3. The number of carbonyl (C=O) groups excluding carboxylic acids is 18. The van der Waals surface area contributed by atoms with Crippen molar-refractivity contribution in [3.8, 4) is 0 Å². The number of aliphatic carboxylic acids is 1. The second kappa shape index (κ2) is 53.2. The number of guanidine groups is 1. The Balaban J connectivity index is 1.66. The number of benzene rings is 1. The number of primary amides is 1. The highest BCUT2D eigenvalue weighted by molar-refractivity contribution is 6.01. The molecular weight excluding hydrogens is 1610 g/mol. The molecule has 45 heteroatoms. The third-order valence-corrected chi connectivity index (χ3v) is 20.0. The number of hydrogen-bond donors (Lipinski definition) is 23. The molecule has 45 nitrogen and oxygen atoms in total. The highest BCUT2D eigenvalue weighted by atomic mass is 16.4. The van der Waals surface area contributed by atoms with Crippen LogP contribution in [0.1, 0.15) is 165 Å². The van der Waals surface area contributed by atoms with Gasteiger partial charge in [-0.25, -0.2) is 4.79 Å². The van der Waals surface area contributed by atoms with Gasteiger partial charge < -0.3 is 134 Å². The van der Waals surface area contributed by atoms with Crippen LogP contribution in [0.5, 0.6) is 0 Å². The lowest BCUT2D eigenvalue weighted by Gasteiger charge is -2.29. The lowest BCUT2D eigenvalue weighted by Crippen LogP contribution is -2.60. The fourth-order valence-electron chi connectivity index (χ4n) is 13.0. The number of unbranched alkanes of at least 4 members (excludes halogenated alkanes) is 1. The number of hydrogen-bond acceptors (Lipinski definition) is 24. The Labute approximate surface area is 714 Å². The summed E-state index contributed by atoms with van der Waals surface area (Å²) in [6.45, 7) is 13.8. The average molecular weight is 1740 g/mol. The first-order chi connectivity index (χ1) is 57.8. The summed E-state index contributed by atoms with van der Waals surface area (Å²) in [5.41, 5.74) is 28.3. The van der Waals surface area contributed by atoms with Gasteiger partial charge in [-0.1, -0.05) is 71.9 Å². The minimum Gasteiger partial charge on any atom is -0.480 e. The molecule has 16 atom stereocenters. The topological polar surface area (TPSA) is 714 Å². The van der Waals surface area contributed by atoms with Gasteiger partial charge in [-0.3, -0.25) is 91.3 Å². The first kappa shape index (κ1) is 105. The van der Waals surface area contributed by atoms with Crippen molar-refractivity contribution >= 4 is 118 Å². The van der Waals surface area contributed by atoms with Crippen LogP contribution in [0.15, 0.2) is 35.3 Å². The zero-order valence-corrected chi connectivity index (χ0v) is 71.7. The van der Waals surface area contributed by atoms with Crippen LogP contribution < -0.4 is 108 Å². The molecule has 2 saturated heterocycles. The van der Waals surface area contributed by atoms with Gasteiger partial charge in [-0.2, -0.15) is 0 Å². The number of carboxylic acids is 1. The number of rotatable bonds is 53. The Morgan fingerprint density at radius 1 is 0.447 bits per heavy atom.